The number of aromatic nitrogens is 1. The zero-order valence-corrected chi connectivity index (χ0v) is 10.4. The maximum Gasteiger partial charge on any atom is 0.315 e. The maximum absolute atomic E-state index is 11.5. The van der Waals surface area contributed by atoms with Crippen molar-refractivity contribution in [1.29, 1.82) is 0 Å². The summed E-state index contributed by atoms with van der Waals surface area (Å²) < 4.78 is 0. The van der Waals surface area contributed by atoms with Crippen LogP contribution in [0.1, 0.15) is 30.5 Å². The van der Waals surface area contributed by atoms with Crippen molar-refractivity contribution in [2.24, 2.45) is 5.92 Å². The predicted molar refractivity (Wildman–Crippen MR) is 64.4 cm³/mol. The van der Waals surface area contributed by atoms with Crippen LogP contribution in [0.3, 0.4) is 0 Å². The number of rotatable bonds is 4. The van der Waals surface area contributed by atoms with Crippen LogP contribution in [-0.2, 0) is 6.54 Å². The van der Waals surface area contributed by atoms with Crippen LogP contribution in [0.25, 0.3) is 0 Å². The first-order chi connectivity index (χ1) is 7.65. The van der Waals surface area contributed by atoms with Crippen LogP contribution in [-0.4, -0.2) is 17.1 Å². The lowest BCUT2D eigenvalue weighted by Crippen LogP contribution is -2.41. The summed E-state index contributed by atoms with van der Waals surface area (Å²) in [7, 11) is 0. The van der Waals surface area contributed by atoms with Crippen LogP contribution in [0.4, 0.5) is 4.79 Å². The molecule has 88 valence electrons. The highest BCUT2D eigenvalue weighted by Crippen LogP contribution is 2.32. The Balaban J connectivity index is 1.70. The number of nitrogens with one attached hydrogen (secondary N) is 2. The average molecular weight is 239 g/mol. The van der Waals surface area contributed by atoms with Crippen LogP contribution < -0.4 is 10.6 Å². The van der Waals surface area contributed by atoms with Crippen molar-refractivity contribution in [2.45, 2.75) is 39.3 Å². The van der Waals surface area contributed by atoms with E-state index in [1.807, 2.05) is 12.3 Å². The van der Waals surface area contributed by atoms with Gasteiger partial charge in [-0.05, 0) is 32.6 Å². The van der Waals surface area contributed by atoms with Gasteiger partial charge in [0.1, 0.15) is 0 Å². The predicted octanol–water partition coefficient (Wildman–Crippen LogP) is 2.05. The molecule has 0 spiro atoms. The zero-order chi connectivity index (χ0) is 11.5. The summed E-state index contributed by atoms with van der Waals surface area (Å²) in [4.78, 5) is 15.8. The van der Waals surface area contributed by atoms with Gasteiger partial charge in [0.15, 0.2) is 0 Å². The fourth-order valence-electron chi connectivity index (χ4n) is 1.63. The molecule has 1 aromatic heterocycles. The van der Waals surface area contributed by atoms with Gasteiger partial charge in [0.05, 0.1) is 17.2 Å². The van der Waals surface area contributed by atoms with Gasteiger partial charge in [-0.1, -0.05) is 0 Å². The number of urea groups is 1. The molecule has 1 unspecified atom stereocenters. The Morgan fingerprint density at radius 2 is 2.44 bits per heavy atom. The first-order valence-corrected chi connectivity index (χ1v) is 6.48. The SMILES string of the molecule is Cc1nc(CNC(=O)NC(C)C2CC2)cs1. The van der Waals surface area contributed by atoms with Crippen LogP contribution >= 0.6 is 11.3 Å². The number of hydrogen-bond donors (Lipinski definition) is 2. The lowest BCUT2D eigenvalue weighted by molar-refractivity contribution is 0.236. The molecule has 2 rings (SSSR count). The highest BCUT2D eigenvalue weighted by atomic mass is 32.1. The molecule has 1 aliphatic rings. The third kappa shape index (κ3) is 3.20. The molecule has 1 fully saturated rings. The van der Waals surface area contributed by atoms with E-state index >= 15 is 0 Å². The lowest BCUT2D eigenvalue weighted by atomic mass is 10.2. The van der Waals surface area contributed by atoms with E-state index in [1.54, 1.807) is 11.3 Å². The molecule has 1 atom stereocenters. The number of hydrogen-bond acceptors (Lipinski definition) is 3. The minimum absolute atomic E-state index is 0.0925. The van der Waals surface area contributed by atoms with Gasteiger partial charge in [-0.2, -0.15) is 0 Å². The molecular weight excluding hydrogens is 222 g/mol. The second kappa shape index (κ2) is 4.82. The smallest absolute Gasteiger partial charge is 0.315 e. The second-order valence-corrected chi connectivity index (χ2v) is 5.37. The van der Waals surface area contributed by atoms with Gasteiger partial charge in [-0.3, -0.25) is 0 Å². The van der Waals surface area contributed by atoms with Crippen molar-refractivity contribution in [1.82, 2.24) is 15.6 Å². The lowest BCUT2D eigenvalue weighted by Gasteiger charge is -2.12. The normalized spacial score (nSPS) is 16.9. The molecule has 0 aliphatic heterocycles. The Labute approximate surface area is 99.5 Å². The molecule has 4 nitrogen and oxygen atoms in total. The minimum Gasteiger partial charge on any atom is -0.335 e. The Morgan fingerprint density at radius 3 is 3.00 bits per heavy atom. The summed E-state index contributed by atoms with van der Waals surface area (Å²) in [6, 6.07) is 0.197. The number of thiazole rings is 1. The molecule has 1 aliphatic carbocycles. The first kappa shape index (κ1) is 11.4. The largest absolute Gasteiger partial charge is 0.335 e. The third-order valence-electron chi connectivity index (χ3n) is 2.78. The summed E-state index contributed by atoms with van der Waals surface area (Å²) in [6.07, 6.45) is 2.49. The van der Waals surface area contributed by atoms with E-state index in [0.29, 0.717) is 12.5 Å². The van der Waals surface area contributed by atoms with Gasteiger partial charge < -0.3 is 10.6 Å². The van der Waals surface area contributed by atoms with E-state index in [0.717, 1.165) is 10.7 Å². The zero-order valence-electron chi connectivity index (χ0n) is 9.62. The quantitative estimate of drug-likeness (QED) is 0.845. The molecule has 0 bridgehead atoms. The highest BCUT2D eigenvalue weighted by Gasteiger charge is 2.28. The summed E-state index contributed by atoms with van der Waals surface area (Å²) in [5, 5.41) is 8.77. The van der Waals surface area contributed by atoms with Crippen molar-refractivity contribution >= 4 is 17.4 Å². The summed E-state index contributed by atoms with van der Waals surface area (Å²) >= 11 is 1.60. The molecule has 1 aromatic rings. The third-order valence-corrected chi connectivity index (χ3v) is 3.61. The van der Waals surface area contributed by atoms with Gasteiger partial charge >= 0.3 is 6.03 Å². The molecular formula is C11H17N3OS. The van der Waals surface area contributed by atoms with Gasteiger partial charge in [-0.15, -0.1) is 11.3 Å². The van der Waals surface area contributed by atoms with E-state index in [4.69, 9.17) is 0 Å². The Bertz CT molecular complexity index is 373. The van der Waals surface area contributed by atoms with Gasteiger partial charge in [0, 0.05) is 11.4 Å². The van der Waals surface area contributed by atoms with Gasteiger partial charge in [0.25, 0.3) is 0 Å². The maximum atomic E-state index is 11.5. The molecule has 0 radical (unpaired) electrons. The standard InChI is InChI=1S/C11H17N3OS/c1-7(9-3-4-9)13-11(15)12-5-10-6-16-8(2)14-10/h6-7,9H,3-5H2,1-2H3,(H2,12,13,15). The summed E-state index contributed by atoms with van der Waals surface area (Å²) in [5.74, 6) is 0.687. The second-order valence-electron chi connectivity index (χ2n) is 4.31. The Kier molecular flexibility index (Phi) is 3.43. The average Bonchev–Trinajstić information content (AvgIpc) is 3.00. The van der Waals surface area contributed by atoms with Crippen LogP contribution in [0, 0.1) is 12.8 Å². The fraction of sp³-hybridized carbons (Fsp3) is 0.636. The molecule has 2 N–H and O–H groups in total. The first-order valence-electron chi connectivity index (χ1n) is 5.60. The Morgan fingerprint density at radius 1 is 1.69 bits per heavy atom. The van der Waals surface area contributed by atoms with Gasteiger partial charge in [0.2, 0.25) is 0 Å². The van der Waals surface area contributed by atoms with Crippen molar-refractivity contribution < 1.29 is 4.79 Å². The van der Waals surface area contributed by atoms with E-state index in [2.05, 4.69) is 22.5 Å². The van der Waals surface area contributed by atoms with Crippen LogP contribution in [0.5, 0.6) is 0 Å². The number of aryl methyl sites for hydroxylation is 1. The fourth-order valence-corrected chi connectivity index (χ4v) is 2.24. The van der Waals surface area contributed by atoms with Crippen LogP contribution in [0.15, 0.2) is 5.38 Å². The molecule has 16 heavy (non-hydrogen) atoms. The number of nitrogens with zero attached hydrogens (tertiary/aromatic N) is 1. The van der Waals surface area contributed by atoms with E-state index in [9.17, 15) is 4.79 Å². The summed E-state index contributed by atoms with van der Waals surface area (Å²) in [6.45, 7) is 4.53. The van der Waals surface area contributed by atoms with Crippen LogP contribution in [0.2, 0.25) is 0 Å². The van der Waals surface area contributed by atoms with E-state index in [-0.39, 0.29) is 12.1 Å². The van der Waals surface area contributed by atoms with Crippen molar-refractivity contribution in [3.05, 3.63) is 16.1 Å². The molecule has 2 amide bonds. The molecule has 1 saturated carbocycles. The molecule has 5 heteroatoms. The molecule has 0 saturated heterocycles. The highest BCUT2D eigenvalue weighted by molar-refractivity contribution is 7.09. The monoisotopic (exact) mass is 239 g/mol. The number of carbonyl (C=O) groups excluding carboxylic acids is 1. The van der Waals surface area contributed by atoms with Crippen molar-refractivity contribution in [3.8, 4) is 0 Å². The van der Waals surface area contributed by atoms with Crippen molar-refractivity contribution in [2.75, 3.05) is 0 Å². The van der Waals surface area contributed by atoms with E-state index < -0.39 is 0 Å². The number of amides is 2. The minimum atomic E-state index is -0.0925. The Hall–Kier alpha value is -1.10. The topological polar surface area (TPSA) is 54.0 Å². The van der Waals surface area contributed by atoms with Crippen molar-refractivity contribution in [3.63, 3.8) is 0 Å². The van der Waals surface area contributed by atoms with E-state index in [1.165, 1.54) is 12.8 Å². The molecule has 1 heterocycles. The van der Waals surface area contributed by atoms with Gasteiger partial charge in [-0.25, -0.2) is 9.78 Å². The molecule has 0 aromatic carbocycles. The number of carbonyl (C=O) groups is 1. The summed E-state index contributed by atoms with van der Waals surface area (Å²) in [5.41, 5.74) is 0.928.